The lowest BCUT2D eigenvalue weighted by Crippen LogP contribution is -2.31. The van der Waals surface area contributed by atoms with Crippen LogP contribution in [0.15, 0.2) is 42.6 Å². The number of aryl methyl sites for hydroxylation is 1. The van der Waals surface area contributed by atoms with Crippen LogP contribution in [-0.2, 0) is 19.6 Å². The van der Waals surface area contributed by atoms with Gasteiger partial charge in [-0.3, -0.25) is 4.79 Å². The number of likely N-dealkylation sites (tertiary alicyclic amines) is 1. The number of imidazole rings is 1. The van der Waals surface area contributed by atoms with E-state index < -0.39 is 17.6 Å². The molecule has 0 radical (unpaired) electrons. The van der Waals surface area contributed by atoms with Crippen molar-refractivity contribution in [2.75, 3.05) is 13.1 Å². The predicted molar refractivity (Wildman–Crippen MR) is 97.7 cm³/mol. The van der Waals surface area contributed by atoms with Gasteiger partial charge in [-0.2, -0.15) is 13.2 Å². The molecular formula is C20H19F3N4O. The third-order valence-corrected chi connectivity index (χ3v) is 5.23. The van der Waals surface area contributed by atoms with E-state index in [4.69, 9.17) is 0 Å². The minimum absolute atomic E-state index is 0.150. The van der Waals surface area contributed by atoms with E-state index in [1.807, 2.05) is 23.7 Å². The van der Waals surface area contributed by atoms with Crippen molar-refractivity contribution in [3.63, 3.8) is 0 Å². The highest BCUT2D eigenvalue weighted by molar-refractivity contribution is 5.96. The van der Waals surface area contributed by atoms with E-state index in [1.54, 1.807) is 6.20 Å². The van der Waals surface area contributed by atoms with Crippen LogP contribution in [0.4, 0.5) is 13.2 Å². The van der Waals surface area contributed by atoms with Crippen LogP contribution in [0.3, 0.4) is 0 Å². The molecule has 5 nitrogen and oxygen atoms in total. The van der Waals surface area contributed by atoms with E-state index in [-0.39, 0.29) is 11.5 Å². The summed E-state index contributed by atoms with van der Waals surface area (Å²) in [4.78, 5) is 23.1. The maximum absolute atomic E-state index is 13.2. The number of pyridine rings is 1. The van der Waals surface area contributed by atoms with E-state index >= 15 is 0 Å². The molecule has 1 saturated heterocycles. The standard InChI is InChI=1S/C20H19F3N4O/c1-26-17(25-16-7-4-9-24-18(16)26)11-13-8-10-27(12-13)19(28)14-5-2-3-6-15(14)20(21,22)23/h2-7,9,13H,8,10-12H2,1H3. The van der Waals surface area contributed by atoms with Crippen LogP contribution in [0.25, 0.3) is 11.2 Å². The second-order valence-corrected chi connectivity index (χ2v) is 7.09. The van der Waals surface area contributed by atoms with E-state index in [0.717, 1.165) is 29.5 Å². The topological polar surface area (TPSA) is 51.0 Å². The Morgan fingerprint density at radius 2 is 2.00 bits per heavy atom. The van der Waals surface area contributed by atoms with Crippen molar-refractivity contribution in [3.8, 4) is 0 Å². The van der Waals surface area contributed by atoms with E-state index in [9.17, 15) is 18.0 Å². The average Bonchev–Trinajstić information content (AvgIpc) is 3.26. The number of aromatic nitrogens is 3. The fourth-order valence-corrected chi connectivity index (χ4v) is 3.78. The summed E-state index contributed by atoms with van der Waals surface area (Å²) in [7, 11) is 1.90. The quantitative estimate of drug-likeness (QED) is 0.688. The van der Waals surface area contributed by atoms with Crippen LogP contribution in [0.5, 0.6) is 0 Å². The minimum Gasteiger partial charge on any atom is -0.338 e. The number of halogens is 3. The van der Waals surface area contributed by atoms with Gasteiger partial charge in [-0.1, -0.05) is 12.1 Å². The highest BCUT2D eigenvalue weighted by atomic mass is 19.4. The second-order valence-electron chi connectivity index (χ2n) is 7.09. The van der Waals surface area contributed by atoms with Gasteiger partial charge < -0.3 is 9.47 Å². The molecule has 0 bridgehead atoms. The number of carbonyl (C=O) groups is 1. The Morgan fingerprint density at radius 3 is 2.75 bits per heavy atom. The highest BCUT2D eigenvalue weighted by Gasteiger charge is 2.37. The van der Waals surface area contributed by atoms with Gasteiger partial charge in [-0.25, -0.2) is 9.97 Å². The lowest BCUT2D eigenvalue weighted by molar-refractivity contribution is -0.138. The second kappa shape index (κ2) is 6.92. The molecule has 0 saturated carbocycles. The van der Waals surface area contributed by atoms with Crippen LogP contribution in [0.2, 0.25) is 0 Å². The first-order chi connectivity index (χ1) is 13.3. The van der Waals surface area contributed by atoms with Crippen molar-refractivity contribution in [1.82, 2.24) is 19.4 Å². The first-order valence-corrected chi connectivity index (χ1v) is 9.06. The molecular weight excluding hydrogens is 369 g/mol. The molecule has 0 aliphatic carbocycles. The van der Waals surface area contributed by atoms with Crippen molar-refractivity contribution in [2.45, 2.75) is 19.0 Å². The van der Waals surface area contributed by atoms with Gasteiger partial charge in [0.1, 0.15) is 11.3 Å². The van der Waals surface area contributed by atoms with Crippen LogP contribution in [-0.4, -0.2) is 38.4 Å². The molecule has 1 unspecified atom stereocenters. The molecule has 1 aromatic carbocycles. The number of rotatable bonds is 3. The van der Waals surface area contributed by atoms with E-state index in [1.165, 1.54) is 23.1 Å². The van der Waals surface area contributed by atoms with Crippen LogP contribution in [0.1, 0.15) is 28.2 Å². The Morgan fingerprint density at radius 1 is 1.21 bits per heavy atom. The Labute approximate surface area is 159 Å². The molecule has 0 N–H and O–H groups in total. The third-order valence-electron chi connectivity index (χ3n) is 5.23. The molecule has 3 heterocycles. The van der Waals surface area contributed by atoms with Crippen LogP contribution in [0, 0.1) is 5.92 Å². The normalized spacial score (nSPS) is 17.4. The smallest absolute Gasteiger partial charge is 0.338 e. The molecule has 0 spiro atoms. The number of benzene rings is 1. The number of fused-ring (bicyclic) bond motifs is 1. The van der Waals surface area contributed by atoms with Crippen molar-refractivity contribution in [1.29, 1.82) is 0 Å². The van der Waals surface area contributed by atoms with Crippen LogP contribution >= 0.6 is 0 Å². The molecule has 146 valence electrons. The highest BCUT2D eigenvalue weighted by Crippen LogP contribution is 2.33. The Bertz CT molecular complexity index is 1030. The fourth-order valence-electron chi connectivity index (χ4n) is 3.78. The fraction of sp³-hybridized carbons (Fsp3) is 0.350. The van der Waals surface area contributed by atoms with E-state index in [0.29, 0.717) is 19.5 Å². The van der Waals surface area contributed by atoms with Crippen molar-refractivity contribution in [3.05, 3.63) is 59.5 Å². The zero-order valence-corrected chi connectivity index (χ0v) is 15.3. The largest absolute Gasteiger partial charge is 0.417 e. The molecule has 28 heavy (non-hydrogen) atoms. The SMILES string of the molecule is Cn1c(CC2CCN(C(=O)c3ccccc3C(F)(F)F)C2)nc2cccnc21. The molecule has 8 heteroatoms. The maximum atomic E-state index is 13.2. The zero-order valence-electron chi connectivity index (χ0n) is 15.3. The van der Waals surface area contributed by atoms with Gasteiger partial charge in [0.2, 0.25) is 0 Å². The first kappa shape index (κ1) is 18.5. The number of carbonyl (C=O) groups excluding carboxylic acids is 1. The van der Waals surface area contributed by atoms with Gasteiger partial charge in [-0.15, -0.1) is 0 Å². The van der Waals surface area contributed by atoms with Gasteiger partial charge in [0.05, 0.1) is 11.1 Å². The third kappa shape index (κ3) is 3.34. The number of alkyl halides is 3. The minimum atomic E-state index is -4.55. The van der Waals surface area contributed by atoms with Gasteiger partial charge in [0.15, 0.2) is 5.65 Å². The van der Waals surface area contributed by atoms with Gasteiger partial charge >= 0.3 is 6.18 Å². The Hall–Kier alpha value is -2.90. The number of amides is 1. The van der Waals surface area contributed by atoms with Gasteiger partial charge in [-0.05, 0) is 36.6 Å². The summed E-state index contributed by atoms with van der Waals surface area (Å²) in [6, 6.07) is 8.68. The molecule has 1 amide bonds. The lowest BCUT2D eigenvalue weighted by Gasteiger charge is -2.19. The first-order valence-electron chi connectivity index (χ1n) is 9.06. The average molecular weight is 388 g/mol. The molecule has 2 aromatic heterocycles. The summed E-state index contributed by atoms with van der Waals surface area (Å²) in [6.07, 6.45) is -1.46. The number of nitrogens with zero attached hydrogens (tertiary/aromatic N) is 4. The molecule has 3 aromatic rings. The lowest BCUT2D eigenvalue weighted by atomic mass is 10.0. The summed E-state index contributed by atoms with van der Waals surface area (Å²) >= 11 is 0. The summed E-state index contributed by atoms with van der Waals surface area (Å²) in [5.74, 6) is 0.447. The maximum Gasteiger partial charge on any atom is 0.417 e. The van der Waals surface area contributed by atoms with E-state index in [2.05, 4.69) is 9.97 Å². The van der Waals surface area contributed by atoms with Crippen molar-refractivity contribution in [2.24, 2.45) is 13.0 Å². The zero-order chi connectivity index (χ0) is 19.9. The summed E-state index contributed by atoms with van der Waals surface area (Å²) in [5, 5.41) is 0. The molecule has 1 atom stereocenters. The predicted octanol–water partition coefficient (Wildman–Crippen LogP) is 3.69. The molecule has 4 rings (SSSR count). The van der Waals surface area contributed by atoms with Crippen molar-refractivity contribution >= 4 is 17.1 Å². The number of hydrogen-bond acceptors (Lipinski definition) is 3. The van der Waals surface area contributed by atoms with Crippen molar-refractivity contribution < 1.29 is 18.0 Å². The Balaban J connectivity index is 1.50. The summed E-state index contributed by atoms with van der Waals surface area (Å²) in [6.45, 7) is 0.861. The summed E-state index contributed by atoms with van der Waals surface area (Å²) in [5.41, 5.74) is 0.431. The van der Waals surface area contributed by atoms with Crippen LogP contribution < -0.4 is 0 Å². The molecule has 1 aliphatic rings. The monoisotopic (exact) mass is 388 g/mol. The summed E-state index contributed by atoms with van der Waals surface area (Å²) < 4.78 is 41.6. The Kier molecular flexibility index (Phi) is 4.56. The molecule has 1 fully saturated rings. The van der Waals surface area contributed by atoms with Gasteiger partial charge in [0, 0.05) is 32.8 Å². The molecule has 1 aliphatic heterocycles. The van der Waals surface area contributed by atoms with Gasteiger partial charge in [0.25, 0.3) is 5.91 Å². The number of hydrogen-bond donors (Lipinski definition) is 0.